The van der Waals surface area contributed by atoms with Crippen molar-refractivity contribution in [3.63, 3.8) is 0 Å². The molecular weight excluding hydrogens is 328 g/mol. The Morgan fingerprint density at radius 1 is 1.23 bits per heavy atom. The third-order valence-corrected chi connectivity index (χ3v) is 5.12. The minimum atomic E-state index is 0.251. The van der Waals surface area contributed by atoms with Crippen molar-refractivity contribution in [1.82, 2.24) is 29.9 Å². The van der Waals surface area contributed by atoms with Crippen LogP contribution < -0.4 is 10.6 Å². The molecule has 0 spiro atoms. The van der Waals surface area contributed by atoms with Gasteiger partial charge in [-0.25, -0.2) is 9.97 Å². The molecule has 0 saturated carbocycles. The number of anilines is 2. The van der Waals surface area contributed by atoms with Gasteiger partial charge in [0.25, 0.3) is 0 Å². The highest BCUT2D eigenvalue weighted by Gasteiger charge is 2.27. The Labute approximate surface area is 149 Å². The number of para-hydroxylation sites is 1. The fourth-order valence-electron chi connectivity index (χ4n) is 3.84. The van der Waals surface area contributed by atoms with E-state index in [4.69, 9.17) is 10.7 Å². The number of nitrogen functional groups attached to an aromatic ring is 1. The minimum absolute atomic E-state index is 0.251. The van der Waals surface area contributed by atoms with Crippen LogP contribution in [0.1, 0.15) is 30.1 Å². The SMILES string of the molecule is Cc1cccc2[nH]c([C@@H]3CCCN(c4nc(N)nc5nc[nH]c45)C3)nc12. The van der Waals surface area contributed by atoms with Crippen molar-refractivity contribution < 1.29 is 0 Å². The lowest BCUT2D eigenvalue weighted by molar-refractivity contribution is 0.493. The molecule has 1 aliphatic heterocycles. The molecule has 1 atom stereocenters. The Morgan fingerprint density at radius 2 is 2.15 bits per heavy atom. The number of hydrogen-bond acceptors (Lipinski definition) is 6. The molecule has 26 heavy (non-hydrogen) atoms. The topological polar surface area (TPSA) is 112 Å². The van der Waals surface area contributed by atoms with Gasteiger partial charge in [0.1, 0.15) is 11.3 Å². The van der Waals surface area contributed by atoms with Gasteiger partial charge in [-0.2, -0.15) is 9.97 Å². The molecule has 4 N–H and O–H groups in total. The molecule has 4 aromatic rings. The molecule has 5 rings (SSSR count). The minimum Gasteiger partial charge on any atom is -0.368 e. The number of imidazole rings is 2. The van der Waals surface area contributed by atoms with Crippen LogP contribution >= 0.6 is 0 Å². The predicted molar refractivity (Wildman–Crippen MR) is 101 cm³/mol. The third kappa shape index (κ3) is 2.37. The predicted octanol–water partition coefficient (Wildman–Crippen LogP) is 2.50. The first kappa shape index (κ1) is 15.1. The van der Waals surface area contributed by atoms with Crippen molar-refractivity contribution in [3.05, 3.63) is 35.9 Å². The van der Waals surface area contributed by atoms with Crippen molar-refractivity contribution in [3.8, 4) is 0 Å². The quantitative estimate of drug-likeness (QED) is 0.513. The highest BCUT2D eigenvalue weighted by molar-refractivity contribution is 5.84. The summed E-state index contributed by atoms with van der Waals surface area (Å²) in [4.78, 5) is 26.7. The molecule has 0 amide bonds. The van der Waals surface area contributed by atoms with Gasteiger partial charge >= 0.3 is 0 Å². The normalized spacial score (nSPS) is 18.0. The smallest absolute Gasteiger partial charge is 0.224 e. The number of H-pyrrole nitrogens is 2. The molecule has 1 saturated heterocycles. The maximum absolute atomic E-state index is 5.88. The Morgan fingerprint density at radius 3 is 3.04 bits per heavy atom. The largest absolute Gasteiger partial charge is 0.368 e. The number of aromatic amines is 2. The summed E-state index contributed by atoms with van der Waals surface area (Å²) in [6, 6.07) is 6.24. The number of aryl methyl sites for hydroxylation is 1. The molecule has 3 aromatic heterocycles. The van der Waals surface area contributed by atoms with Gasteiger partial charge in [0, 0.05) is 19.0 Å². The molecule has 0 radical (unpaired) electrons. The molecule has 0 unspecified atom stereocenters. The van der Waals surface area contributed by atoms with Crippen LogP contribution in [0.15, 0.2) is 24.5 Å². The summed E-state index contributed by atoms with van der Waals surface area (Å²) in [5.41, 5.74) is 10.7. The van der Waals surface area contributed by atoms with Crippen LogP contribution in [0.4, 0.5) is 11.8 Å². The zero-order valence-electron chi connectivity index (χ0n) is 14.5. The summed E-state index contributed by atoms with van der Waals surface area (Å²) >= 11 is 0. The molecule has 132 valence electrons. The van der Waals surface area contributed by atoms with Crippen molar-refractivity contribution >= 4 is 34.0 Å². The second kappa shape index (κ2) is 5.69. The number of nitrogens with one attached hydrogen (secondary N) is 2. The van der Waals surface area contributed by atoms with Gasteiger partial charge in [-0.15, -0.1) is 0 Å². The van der Waals surface area contributed by atoms with Crippen LogP contribution in [0.5, 0.6) is 0 Å². The van der Waals surface area contributed by atoms with Crippen LogP contribution in [-0.4, -0.2) is 43.0 Å². The molecule has 0 bridgehead atoms. The van der Waals surface area contributed by atoms with Gasteiger partial charge in [0.2, 0.25) is 5.95 Å². The first-order valence-electron chi connectivity index (χ1n) is 8.86. The van der Waals surface area contributed by atoms with E-state index in [1.165, 1.54) is 5.56 Å². The second-order valence-corrected chi connectivity index (χ2v) is 6.88. The van der Waals surface area contributed by atoms with E-state index in [1.807, 2.05) is 0 Å². The first-order chi connectivity index (χ1) is 12.7. The summed E-state index contributed by atoms with van der Waals surface area (Å²) < 4.78 is 0. The molecule has 1 aliphatic rings. The van der Waals surface area contributed by atoms with Gasteiger partial charge in [-0.1, -0.05) is 12.1 Å². The van der Waals surface area contributed by atoms with E-state index in [9.17, 15) is 0 Å². The van der Waals surface area contributed by atoms with Gasteiger partial charge in [0.05, 0.1) is 17.4 Å². The van der Waals surface area contributed by atoms with E-state index in [2.05, 4.69) is 54.9 Å². The van der Waals surface area contributed by atoms with Crippen LogP contribution in [0.2, 0.25) is 0 Å². The first-order valence-corrected chi connectivity index (χ1v) is 8.86. The number of hydrogen-bond donors (Lipinski definition) is 3. The highest BCUT2D eigenvalue weighted by Crippen LogP contribution is 2.31. The van der Waals surface area contributed by atoms with Gasteiger partial charge < -0.3 is 20.6 Å². The van der Waals surface area contributed by atoms with E-state index in [0.29, 0.717) is 11.6 Å². The second-order valence-electron chi connectivity index (χ2n) is 6.88. The van der Waals surface area contributed by atoms with E-state index in [1.54, 1.807) is 6.33 Å². The van der Waals surface area contributed by atoms with Gasteiger partial charge in [-0.05, 0) is 31.4 Å². The number of benzene rings is 1. The van der Waals surface area contributed by atoms with Gasteiger partial charge in [0.15, 0.2) is 11.5 Å². The molecular formula is C18H20N8. The number of aromatic nitrogens is 6. The van der Waals surface area contributed by atoms with Crippen molar-refractivity contribution in [2.75, 3.05) is 23.7 Å². The number of piperidine rings is 1. The summed E-state index contributed by atoms with van der Waals surface area (Å²) in [5.74, 6) is 2.44. The van der Waals surface area contributed by atoms with E-state index in [0.717, 1.165) is 54.1 Å². The summed E-state index contributed by atoms with van der Waals surface area (Å²) in [7, 11) is 0. The molecule has 4 heterocycles. The molecule has 1 fully saturated rings. The number of nitrogens with two attached hydrogens (primary N) is 1. The van der Waals surface area contributed by atoms with Crippen LogP contribution in [0, 0.1) is 6.92 Å². The Balaban J connectivity index is 1.51. The standard InChI is InChI=1S/C18H20N8/c1-10-4-2-6-12-13(10)23-15(22-12)11-5-3-7-26(8-11)17-14-16(21-9-20-14)24-18(19)25-17/h2,4,6,9,11H,3,5,7-8H2,1H3,(H,22,23)(H3,19,20,21,24,25)/t11-/m1/s1. The Bertz CT molecular complexity index is 1100. The highest BCUT2D eigenvalue weighted by atomic mass is 15.2. The average Bonchev–Trinajstić information content (AvgIpc) is 3.28. The molecule has 8 nitrogen and oxygen atoms in total. The summed E-state index contributed by atoms with van der Waals surface area (Å²) in [5, 5.41) is 0. The van der Waals surface area contributed by atoms with E-state index in [-0.39, 0.29) is 5.95 Å². The fraction of sp³-hybridized carbons (Fsp3) is 0.333. The number of nitrogens with zero attached hydrogens (tertiary/aromatic N) is 5. The zero-order valence-corrected chi connectivity index (χ0v) is 14.5. The Kier molecular flexibility index (Phi) is 3.31. The van der Waals surface area contributed by atoms with Crippen molar-refractivity contribution in [2.24, 2.45) is 0 Å². The molecule has 1 aromatic carbocycles. The van der Waals surface area contributed by atoms with E-state index < -0.39 is 0 Å². The van der Waals surface area contributed by atoms with E-state index >= 15 is 0 Å². The number of rotatable bonds is 2. The van der Waals surface area contributed by atoms with Crippen LogP contribution in [-0.2, 0) is 0 Å². The maximum atomic E-state index is 5.88. The lowest BCUT2D eigenvalue weighted by Crippen LogP contribution is -2.35. The lowest BCUT2D eigenvalue weighted by atomic mass is 9.97. The lowest BCUT2D eigenvalue weighted by Gasteiger charge is -2.32. The monoisotopic (exact) mass is 348 g/mol. The van der Waals surface area contributed by atoms with Gasteiger partial charge in [-0.3, -0.25) is 0 Å². The van der Waals surface area contributed by atoms with Crippen molar-refractivity contribution in [1.29, 1.82) is 0 Å². The van der Waals surface area contributed by atoms with Crippen LogP contribution in [0.3, 0.4) is 0 Å². The Hall–Kier alpha value is -3.16. The summed E-state index contributed by atoms with van der Waals surface area (Å²) in [6.07, 6.45) is 3.80. The van der Waals surface area contributed by atoms with Crippen LogP contribution in [0.25, 0.3) is 22.2 Å². The fourth-order valence-corrected chi connectivity index (χ4v) is 3.84. The summed E-state index contributed by atoms with van der Waals surface area (Å²) in [6.45, 7) is 3.86. The molecule has 8 heteroatoms. The maximum Gasteiger partial charge on any atom is 0.224 e. The zero-order chi connectivity index (χ0) is 17.7. The van der Waals surface area contributed by atoms with Crippen molar-refractivity contribution in [2.45, 2.75) is 25.7 Å². The number of fused-ring (bicyclic) bond motifs is 2. The molecule has 0 aliphatic carbocycles. The average molecular weight is 348 g/mol. The third-order valence-electron chi connectivity index (χ3n) is 5.12.